The molecule has 4 nitrogen and oxygen atoms in total. The van der Waals surface area contributed by atoms with Crippen molar-refractivity contribution in [3.8, 4) is 0 Å². The number of rotatable bonds is 5. The minimum Gasteiger partial charge on any atom is -0.463 e. The molecule has 5 heteroatoms. The van der Waals surface area contributed by atoms with Gasteiger partial charge in [0.15, 0.2) is 16.9 Å². The Morgan fingerprint density at radius 3 is 2.59 bits per heavy atom. The lowest BCUT2D eigenvalue weighted by Crippen LogP contribution is -3.11. The Hall–Kier alpha value is -1.85. The molecular weight excluding hydrogens is 294 g/mol. The fourth-order valence-corrected chi connectivity index (χ4v) is 3.21. The molecule has 0 saturated carbocycles. The summed E-state index contributed by atoms with van der Waals surface area (Å²) < 4.78 is 5.63. The van der Waals surface area contributed by atoms with Gasteiger partial charge >= 0.3 is 0 Å². The van der Waals surface area contributed by atoms with Crippen molar-refractivity contribution in [2.45, 2.75) is 18.9 Å². The molecule has 0 radical (unpaired) electrons. The largest absolute Gasteiger partial charge is 0.463 e. The number of furan rings is 1. The average molecular weight is 316 g/mol. The van der Waals surface area contributed by atoms with E-state index in [9.17, 15) is 0 Å². The summed E-state index contributed by atoms with van der Waals surface area (Å²) in [7, 11) is 0. The second-order valence-corrected chi connectivity index (χ2v) is 6.04. The summed E-state index contributed by atoms with van der Waals surface area (Å²) >= 11 is 5.40. The maximum absolute atomic E-state index is 5.63. The van der Waals surface area contributed by atoms with E-state index in [4.69, 9.17) is 16.6 Å². The summed E-state index contributed by atoms with van der Waals surface area (Å²) in [6.07, 6.45) is 4.33. The molecule has 1 saturated heterocycles. The first-order valence-corrected chi connectivity index (χ1v) is 8.21. The van der Waals surface area contributed by atoms with Crippen LogP contribution in [-0.2, 0) is 0 Å². The van der Waals surface area contributed by atoms with Gasteiger partial charge in [-0.1, -0.05) is 18.2 Å². The van der Waals surface area contributed by atoms with Gasteiger partial charge in [0, 0.05) is 18.5 Å². The third-order valence-electron chi connectivity index (χ3n) is 4.12. The number of anilines is 1. The molecule has 3 rings (SSSR count). The van der Waals surface area contributed by atoms with Crippen LogP contribution in [0.2, 0.25) is 0 Å². The van der Waals surface area contributed by atoms with E-state index < -0.39 is 0 Å². The van der Waals surface area contributed by atoms with Gasteiger partial charge in [-0.3, -0.25) is 0 Å². The van der Waals surface area contributed by atoms with Crippen molar-refractivity contribution in [2.75, 3.05) is 25.0 Å². The zero-order valence-corrected chi connectivity index (χ0v) is 13.4. The van der Waals surface area contributed by atoms with Crippen LogP contribution in [0.4, 0.5) is 5.69 Å². The molecule has 2 aromatic rings. The van der Waals surface area contributed by atoms with Crippen LogP contribution in [0.25, 0.3) is 0 Å². The number of nitrogens with one attached hydrogen (secondary N) is 3. The van der Waals surface area contributed by atoms with Crippen molar-refractivity contribution < 1.29 is 9.32 Å². The van der Waals surface area contributed by atoms with Gasteiger partial charge in [-0.15, -0.1) is 0 Å². The SMILES string of the molecule is S=C(NC[C@H](c1ccco1)[NH+]1CCCC1)Nc1ccccc1. The van der Waals surface area contributed by atoms with Gasteiger partial charge in [0.1, 0.15) is 0 Å². The number of thiocarbonyl (C=S) groups is 1. The predicted octanol–water partition coefficient (Wildman–Crippen LogP) is 1.99. The van der Waals surface area contributed by atoms with Crippen molar-refractivity contribution >= 4 is 23.0 Å². The van der Waals surface area contributed by atoms with Crippen molar-refractivity contribution in [1.29, 1.82) is 0 Å². The first kappa shape index (κ1) is 15.1. The zero-order chi connectivity index (χ0) is 15.2. The lowest BCUT2D eigenvalue weighted by molar-refractivity contribution is -0.919. The van der Waals surface area contributed by atoms with Crippen LogP contribution >= 0.6 is 12.2 Å². The summed E-state index contributed by atoms with van der Waals surface area (Å²) in [5.74, 6) is 1.03. The lowest BCUT2D eigenvalue weighted by atomic mass is 10.2. The minimum absolute atomic E-state index is 0.313. The second-order valence-electron chi connectivity index (χ2n) is 5.63. The maximum Gasteiger partial charge on any atom is 0.171 e. The van der Waals surface area contributed by atoms with E-state index in [0.29, 0.717) is 11.2 Å². The topological polar surface area (TPSA) is 41.6 Å². The highest BCUT2D eigenvalue weighted by atomic mass is 32.1. The van der Waals surface area contributed by atoms with Crippen LogP contribution in [0.3, 0.4) is 0 Å². The summed E-state index contributed by atoms with van der Waals surface area (Å²) in [5, 5.41) is 7.20. The van der Waals surface area contributed by atoms with Crippen molar-refractivity contribution in [1.82, 2.24) is 5.32 Å². The fourth-order valence-electron chi connectivity index (χ4n) is 3.00. The average Bonchev–Trinajstić information content (AvgIpc) is 3.22. The molecule has 2 heterocycles. The standard InChI is InChI=1S/C17H21N3OS/c22-17(19-14-7-2-1-3-8-14)18-13-15(16-9-6-12-21-16)20-10-4-5-11-20/h1-3,6-9,12,15H,4-5,10-11,13H2,(H2,18,19,22)/p+1/t15-/m1/s1. The summed E-state index contributed by atoms with van der Waals surface area (Å²) in [6, 6.07) is 14.3. The van der Waals surface area contributed by atoms with Gasteiger partial charge in [0.25, 0.3) is 0 Å². The van der Waals surface area contributed by atoms with Gasteiger partial charge < -0.3 is 20.0 Å². The molecule has 1 aromatic heterocycles. The number of hydrogen-bond donors (Lipinski definition) is 3. The van der Waals surface area contributed by atoms with Gasteiger partial charge in [0.2, 0.25) is 0 Å². The Morgan fingerprint density at radius 2 is 1.91 bits per heavy atom. The highest BCUT2D eigenvalue weighted by molar-refractivity contribution is 7.80. The van der Waals surface area contributed by atoms with Gasteiger partial charge in [-0.25, -0.2) is 0 Å². The fraction of sp³-hybridized carbons (Fsp3) is 0.353. The molecule has 0 bridgehead atoms. The molecule has 1 aliphatic heterocycles. The lowest BCUT2D eigenvalue weighted by Gasteiger charge is -2.23. The van der Waals surface area contributed by atoms with Crippen LogP contribution in [0.5, 0.6) is 0 Å². The highest BCUT2D eigenvalue weighted by Gasteiger charge is 2.29. The molecule has 116 valence electrons. The molecule has 0 aliphatic carbocycles. The molecule has 1 aliphatic rings. The van der Waals surface area contributed by atoms with Crippen molar-refractivity contribution in [3.05, 3.63) is 54.5 Å². The molecule has 1 fully saturated rings. The van der Waals surface area contributed by atoms with E-state index in [2.05, 4.69) is 16.7 Å². The summed E-state index contributed by atoms with van der Waals surface area (Å²) in [6.45, 7) is 3.18. The van der Waals surface area contributed by atoms with Crippen molar-refractivity contribution in [2.24, 2.45) is 0 Å². The molecule has 0 spiro atoms. The zero-order valence-electron chi connectivity index (χ0n) is 12.5. The van der Waals surface area contributed by atoms with Gasteiger partial charge in [0.05, 0.1) is 25.9 Å². The van der Waals surface area contributed by atoms with E-state index >= 15 is 0 Å². The van der Waals surface area contributed by atoms with Gasteiger partial charge in [-0.05, 0) is 36.5 Å². The molecule has 1 aromatic carbocycles. The van der Waals surface area contributed by atoms with Crippen LogP contribution in [-0.4, -0.2) is 24.7 Å². The van der Waals surface area contributed by atoms with E-state index in [0.717, 1.165) is 18.0 Å². The maximum atomic E-state index is 5.63. The molecule has 0 amide bonds. The van der Waals surface area contributed by atoms with E-state index in [1.807, 2.05) is 36.4 Å². The molecule has 1 atom stereocenters. The number of hydrogen-bond acceptors (Lipinski definition) is 2. The smallest absolute Gasteiger partial charge is 0.171 e. The second kappa shape index (κ2) is 7.42. The van der Waals surface area contributed by atoms with Crippen LogP contribution < -0.4 is 15.5 Å². The Balaban J connectivity index is 1.58. The molecule has 22 heavy (non-hydrogen) atoms. The molecule has 0 unspecified atom stereocenters. The molecule has 3 N–H and O–H groups in total. The van der Waals surface area contributed by atoms with Crippen LogP contribution in [0.1, 0.15) is 24.6 Å². The van der Waals surface area contributed by atoms with Crippen LogP contribution in [0, 0.1) is 0 Å². The Morgan fingerprint density at radius 1 is 1.14 bits per heavy atom. The minimum atomic E-state index is 0.313. The number of para-hydroxylation sites is 1. The first-order valence-electron chi connectivity index (χ1n) is 7.81. The number of benzene rings is 1. The highest BCUT2D eigenvalue weighted by Crippen LogP contribution is 2.11. The normalized spacial score (nSPS) is 16.4. The first-order chi connectivity index (χ1) is 10.8. The summed E-state index contributed by atoms with van der Waals surface area (Å²) in [5.41, 5.74) is 1.00. The molecular formula is C17H22N3OS+. The van der Waals surface area contributed by atoms with E-state index in [1.54, 1.807) is 11.2 Å². The monoisotopic (exact) mass is 316 g/mol. The Kier molecular flexibility index (Phi) is 5.08. The van der Waals surface area contributed by atoms with Crippen LogP contribution in [0.15, 0.2) is 53.1 Å². The number of quaternary nitrogens is 1. The Bertz CT molecular complexity index is 579. The van der Waals surface area contributed by atoms with E-state index in [-0.39, 0.29) is 0 Å². The number of likely N-dealkylation sites (tertiary alicyclic amines) is 1. The quantitative estimate of drug-likeness (QED) is 0.738. The predicted molar refractivity (Wildman–Crippen MR) is 92.0 cm³/mol. The Labute approximate surface area is 136 Å². The van der Waals surface area contributed by atoms with Crippen molar-refractivity contribution in [3.63, 3.8) is 0 Å². The van der Waals surface area contributed by atoms with E-state index in [1.165, 1.54) is 25.9 Å². The third-order valence-corrected chi connectivity index (χ3v) is 4.37. The summed E-state index contributed by atoms with van der Waals surface area (Å²) in [4.78, 5) is 1.57. The third kappa shape index (κ3) is 3.87. The van der Waals surface area contributed by atoms with Gasteiger partial charge in [-0.2, -0.15) is 0 Å².